The van der Waals surface area contributed by atoms with Gasteiger partial charge in [0, 0.05) is 13.1 Å². The van der Waals surface area contributed by atoms with E-state index in [1.807, 2.05) is 0 Å². The number of benzene rings is 1. The van der Waals surface area contributed by atoms with Gasteiger partial charge in [-0.1, -0.05) is 12.1 Å². The van der Waals surface area contributed by atoms with Crippen molar-refractivity contribution >= 4 is 12.0 Å². The molecule has 30 heavy (non-hydrogen) atoms. The molecule has 7 nitrogen and oxygen atoms in total. The summed E-state index contributed by atoms with van der Waals surface area (Å²) in [7, 11) is 0. The number of nitrogens with zero attached hydrogens (tertiary/aromatic N) is 1. The SMILES string of the molecule is C[C@H](NC(=O)OC(C)(C)C)[C@H]1CN(C(=O)Cc2ccc(OC(F)(F)F)cc2)CCO1. The Hall–Kier alpha value is -2.49. The standard InChI is InChI=1S/C20H27F3N2O5/c1-13(24-18(27)30-19(2,3)4)16-12-25(9-10-28-16)17(26)11-14-5-7-15(8-6-14)29-20(21,22)23/h5-8,13,16H,9-12H2,1-4H3,(H,24,27)/t13-,16+/m0/s1. The number of nitrogens with one attached hydrogen (secondary N) is 1. The second-order valence-corrected chi connectivity index (χ2v) is 8.05. The lowest BCUT2D eigenvalue weighted by atomic mass is 10.1. The summed E-state index contributed by atoms with van der Waals surface area (Å²) in [5, 5.41) is 2.71. The summed E-state index contributed by atoms with van der Waals surface area (Å²) in [6.45, 7) is 8.04. The summed E-state index contributed by atoms with van der Waals surface area (Å²) < 4.78 is 51.4. The lowest BCUT2D eigenvalue weighted by Gasteiger charge is -2.36. The highest BCUT2D eigenvalue weighted by Crippen LogP contribution is 2.23. The molecule has 1 aromatic carbocycles. The van der Waals surface area contributed by atoms with E-state index in [1.54, 1.807) is 32.6 Å². The quantitative estimate of drug-likeness (QED) is 0.773. The molecule has 1 aromatic rings. The van der Waals surface area contributed by atoms with Crippen molar-refractivity contribution in [2.45, 2.75) is 58.2 Å². The van der Waals surface area contributed by atoms with Gasteiger partial charge in [0.25, 0.3) is 0 Å². The highest BCUT2D eigenvalue weighted by Gasteiger charge is 2.32. The number of alkyl halides is 3. The molecule has 10 heteroatoms. The van der Waals surface area contributed by atoms with Gasteiger partial charge in [-0.05, 0) is 45.4 Å². The largest absolute Gasteiger partial charge is 0.573 e. The Morgan fingerprint density at radius 2 is 1.87 bits per heavy atom. The van der Waals surface area contributed by atoms with Gasteiger partial charge in [-0.2, -0.15) is 0 Å². The Morgan fingerprint density at radius 1 is 1.23 bits per heavy atom. The number of alkyl carbamates (subject to hydrolysis) is 1. The third-order valence-electron chi connectivity index (χ3n) is 4.26. The molecule has 1 heterocycles. The van der Waals surface area contributed by atoms with Gasteiger partial charge in [0.05, 0.1) is 25.2 Å². The van der Waals surface area contributed by atoms with Crippen molar-refractivity contribution in [3.8, 4) is 5.75 Å². The van der Waals surface area contributed by atoms with Gasteiger partial charge in [0.1, 0.15) is 11.4 Å². The predicted molar refractivity (Wildman–Crippen MR) is 102 cm³/mol. The molecule has 1 aliphatic rings. The number of rotatable bonds is 5. The minimum atomic E-state index is -4.76. The number of halogens is 3. The van der Waals surface area contributed by atoms with Crippen molar-refractivity contribution in [2.75, 3.05) is 19.7 Å². The fourth-order valence-electron chi connectivity index (χ4n) is 2.89. The molecular formula is C20H27F3N2O5. The molecule has 1 saturated heterocycles. The Bertz CT molecular complexity index is 731. The number of hydrogen-bond acceptors (Lipinski definition) is 5. The van der Waals surface area contributed by atoms with Crippen molar-refractivity contribution in [1.29, 1.82) is 0 Å². The normalized spacial score (nSPS) is 18.5. The van der Waals surface area contributed by atoms with E-state index in [0.717, 1.165) is 0 Å². The molecule has 1 fully saturated rings. The minimum absolute atomic E-state index is 0.0346. The van der Waals surface area contributed by atoms with Crippen LogP contribution < -0.4 is 10.1 Å². The number of amides is 2. The first-order valence-electron chi connectivity index (χ1n) is 9.56. The van der Waals surface area contributed by atoms with Crippen molar-refractivity contribution in [1.82, 2.24) is 10.2 Å². The summed E-state index contributed by atoms with van der Waals surface area (Å²) in [6.07, 6.45) is -5.70. The van der Waals surface area contributed by atoms with Gasteiger partial charge in [0.2, 0.25) is 5.91 Å². The maximum absolute atomic E-state index is 12.6. The van der Waals surface area contributed by atoms with E-state index < -0.39 is 24.2 Å². The van der Waals surface area contributed by atoms with Crippen LogP contribution in [-0.2, 0) is 20.7 Å². The van der Waals surface area contributed by atoms with Crippen LogP contribution in [0.5, 0.6) is 5.75 Å². The molecule has 1 N–H and O–H groups in total. The Balaban J connectivity index is 1.88. The summed E-state index contributed by atoms with van der Waals surface area (Å²) in [4.78, 5) is 26.2. The van der Waals surface area contributed by atoms with Crippen LogP contribution in [0.25, 0.3) is 0 Å². The number of carbonyl (C=O) groups is 2. The van der Waals surface area contributed by atoms with Crippen LogP contribution in [0.15, 0.2) is 24.3 Å². The molecule has 0 spiro atoms. The van der Waals surface area contributed by atoms with Crippen LogP contribution in [0.2, 0.25) is 0 Å². The first-order valence-corrected chi connectivity index (χ1v) is 9.56. The Kier molecular flexibility index (Phi) is 7.57. The second kappa shape index (κ2) is 9.55. The number of carbonyl (C=O) groups excluding carboxylic acids is 2. The fourth-order valence-corrected chi connectivity index (χ4v) is 2.89. The number of ether oxygens (including phenoxy) is 3. The average Bonchev–Trinajstić information content (AvgIpc) is 2.60. The third-order valence-corrected chi connectivity index (χ3v) is 4.26. The fraction of sp³-hybridized carbons (Fsp3) is 0.600. The van der Waals surface area contributed by atoms with Crippen LogP contribution >= 0.6 is 0 Å². The van der Waals surface area contributed by atoms with E-state index in [9.17, 15) is 22.8 Å². The molecule has 0 saturated carbocycles. The molecule has 0 radical (unpaired) electrons. The maximum atomic E-state index is 12.6. The molecule has 1 aliphatic heterocycles. The topological polar surface area (TPSA) is 77.1 Å². The number of morpholine rings is 1. The van der Waals surface area contributed by atoms with Crippen molar-refractivity contribution < 1.29 is 37.0 Å². The van der Waals surface area contributed by atoms with Gasteiger partial charge in [-0.3, -0.25) is 4.79 Å². The summed E-state index contributed by atoms with van der Waals surface area (Å²) in [5.41, 5.74) is -0.0580. The van der Waals surface area contributed by atoms with Crippen LogP contribution in [0.1, 0.15) is 33.3 Å². The molecule has 168 valence electrons. The minimum Gasteiger partial charge on any atom is -0.444 e. The van der Waals surface area contributed by atoms with Crippen molar-refractivity contribution in [3.63, 3.8) is 0 Å². The summed E-state index contributed by atoms with van der Waals surface area (Å²) >= 11 is 0. The van der Waals surface area contributed by atoms with E-state index in [4.69, 9.17) is 9.47 Å². The van der Waals surface area contributed by atoms with Gasteiger partial charge < -0.3 is 24.4 Å². The monoisotopic (exact) mass is 432 g/mol. The molecule has 0 bridgehead atoms. The lowest BCUT2D eigenvalue weighted by molar-refractivity contribution is -0.274. The van der Waals surface area contributed by atoms with Gasteiger partial charge in [0.15, 0.2) is 0 Å². The molecular weight excluding hydrogens is 405 g/mol. The highest BCUT2D eigenvalue weighted by molar-refractivity contribution is 5.79. The average molecular weight is 432 g/mol. The van der Waals surface area contributed by atoms with Crippen LogP contribution in [-0.4, -0.2) is 60.7 Å². The van der Waals surface area contributed by atoms with E-state index >= 15 is 0 Å². The van der Waals surface area contributed by atoms with Crippen LogP contribution in [0, 0.1) is 0 Å². The van der Waals surface area contributed by atoms with Gasteiger partial charge in [-0.25, -0.2) is 4.79 Å². The zero-order valence-electron chi connectivity index (χ0n) is 17.4. The zero-order valence-corrected chi connectivity index (χ0v) is 17.4. The first-order chi connectivity index (χ1) is 13.8. The Labute approximate surface area is 173 Å². The third kappa shape index (κ3) is 8.10. The van der Waals surface area contributed by atoms with Crippen LogP contribution in [0.3, 0.4) is 0 Å². The summed E-state index contributed by atoms with van der Waals surface area (Å²) in [5.74, 6) is -0.524. The van der Waals surface area contributed by atoms with Crippen molar-refractivity contribution in [2.24, 2.45) is 0 Å². The highest BCUT2D eigenvalue weighted by atomic mass is 19.4. The molecule has 2 rings (SSSR count). The molecule has 2 atom stereocenters. The Morgan fingerprint density at radius 3 is 2.43 bits per heavy atom. The first kappa shape index (κ1) is 23.8. The van der Waals surface area contributed by atoms with E-state index in [1.165, 1.54) is 24.3 Å². The van der Waals surface area contributed by atoms with Gasteiger partial charge >= 0.3 is 12.5 Å². The van der Waals surface area contributed by atoms with E-state index in [2.05, 4.69) is 10.1 Å². The van der Waals surface area contributed by atoms with E-state index in [-0.39, 0.29) is 30.7 Å². The molecule has 0 aliphatic carbocycles. The van der Waals surface area contributed by atoms with E-state index in [0.29, 0.717) is 18.7 Å². The molecule has 0 unspecified atom stereocenters. The van der Waals surface area contributed by atoms with Crippen molar-refractivity contribution in [3.05, 3.63) is 29.8 Å². The zero-order chi connectivity index (χ0) is 22.5. The van der Waals surface area contributed by atoms with Crippen LogP contribution in [0.4, 0.5) is 18.0 Å². The molecule has 2 amide bonds. The maximum Gasteiger partial charge on any atom is 0.573 e. The number of hydrogen-bond donors (Lipinski definition) is 1. The summed E-state index contributed by atoms with van der Waals surface area (Å²) in [6, 6.07) is 4.80. The lowest BCUT2D eigenvalue weighted by Crippen LogP contribution is -2.54. The van der Waals surface area contributed by atoms with Gasteiger partial charge in [-0.15, -0.1) is 13.2 Å². The molecule has 0 aromatic heterocycles. The second-order valence-electron chi connectivity index (χ2n) is 8.05. The predicted octanol–water partition coefficient (Wildman–Crippen LogP) is 3.27. The smallest absolute Gasteiger partial charge is 0.444 e.